The Labute approximate surface area is 171 Å². The summed E-state index contributed by atoms with van der Waals surface area (Å²) >= 11 is 0. The van der Waals surface area contributed by atoms with Crippen molar-refractivity contribution in [2.75, 3.05) is 39.5 Å². The van der Waals surface area contributed by atoms with Crippen molar-refractivity contribution in [2.24, 2.45) is 0 Å². The topological polar surface area (TPSA) is 91.8 Å². The van der Waals surface area contributed by atoms with Crippen LogP contribution >= 0.6 is 0 Å². The van der Waals surface area contributed by atoms with E-state index in [1.54, 1.807) is 18.3 Å². The van der Waals surface area contributed by atoms with Gasteiger partial charge >= 0.3 is 0 Å². The number of amides is 1. The van der Waals surface area contributed by atoms with Gasteiger partial charge in [-0.15, -0.1) is 0 Å². The SMILES string of the molecule is CN1CCC(Oc2ccc(NC(=O)c3ccc(S(=O)(=O)N(C)C)cc3)cn2)CC1. The molecule has 0 aliphatic carbocycles. The first-order chi connectivity index (χ1) is 13.8. The molecular weight excluding hydrogens is 392 g/mol. The second kappa shape index (κ2) is 8.89. The number of hydrogen-bond donors (Lipinski definition) is 1. The van der Waals surface area contributed by atoms with Crippen LogP contribution < -0.4 is 10.1 Å². The van der Waals surface area contributed by atoms with Gasteiger partial charge in [0.15, 0.2) is 0 Å². The first-order valence-electron chi connectivity index (χ1n) is 9.41. The van der Waals surface area contributed by atoms with Crippen LogP contribution in [0.3, 0.4) is 0 Å². The number of piperidine rings is 1. The number of aromatic nitrogens is 1. The molecule has 1 saturated heterocycles. The highest BCUT2D eigenvalue weighted by atomic mass is 32.2. The number of ether oxygens (including phenoxy) is 1. The third kappa shape index (κ3) is 5.31. The van der Waals surface area contributed by atoms with E-state index in [0.29, 0.717) is 17.1 Å². The summed E-state index contributed by atoms with van der Waals surface area (Å²) in [5.41, 5.74) is 0.894. The maximum absolute atomic E-state index is 12.4. The molecule has 1 amide bonds. The zero-order valence-corrected chi connectivity index (χ0v) is 17.6. The Morgan fingerprint density at radius 1 is 1.14 bits per heavy atom. The lowest BCUT2D eigenvalue weighted by molar-refractivity contribution is 0.102. The van der Waals surface area contributed by atoms with Crippen molar-refractivity contribution in [3.8, 4) is 5.88 Å². The molecule has 1 fully saturated rings. The van der Waals surface area contributed by atoms with Crippen LogP contribution in [0.15, 0.2) is 47.5 Å². The van der Waals surface area contributed by atoms with Gasteiger partial charge in [0.05, 0.1) is 16.8 Å². The fourth-order valence-corrected chi connectivity index (χ4v) is 3.89. The van der Waals surface area contributed by atoms with E-state index >= 15 is 0 Å². The number of rotatable bonds is 6. The molecule has 1 aliphatic rings. The summed E-state index contributed by atoms with van der Waals surface area (Å²) in [5, 5.41) is 2.75. The van der Waals surface area contributed by atoms with Gasteiger partial charge in [0.1, 0.15) is 6.10 Å². The van der Waals surface area contributed by atoms with E-state index in [-0.39, 0.29) is 16.9 Å². The number of benzene rings is 1. The van der Waals surface area contributed by atoms with Crippen LogP contribution in [0, 0.1) is 0 Å². The minimum atomic E-state index is -3.52. The number of hydrogen-bond acceptors (Lipinski definition) is 6. The van der Waals surface area contributed by atoms with Crippen LogP contribution in [0.4, 0.5) is 5.69 Å². The minimum absolute atomic E-state index is 0.135. The molecule has 1 N–H and O–H groups in total. The number of pyridine rings is 1. The first-order valence-corrected chi connectivity index (χ1v) is 10.8. The van der Waals surface area contributed by atoms with Gasteiger partial charge in [0, 0.05) is 38.8 Å². The van der Waals surface area contributed by atoms with E-state index in [4.69, 9.17) is 4.74 Å². The Hall–Kier alpha value is -2.49. The van der Waals surface area contributed by atoms with Crippen molar-refractivity contribution in [3.05, 3.63) is 48.2 Å². The molecule has 1 aromatic heterocycles. The van der Waals surface area contributed by atoms with Gasteiger partial charge in [0.2, 0.25) is 15.9 Å². The zero-order valence-electron chi connectivity index (χ0n) is 16.8. The third-order valence-corrected chi connectivity index (χ3v) is 6.67. The summed E-state index contributed by atoms with van der Waals surface area (Å²) in [7, 11) is 1.50. The Morgan fingerprint density at radius 3 is 2.34 bits per heavy atom. The number of nitrogens with zero attached hydrogens (tertiary/aromatic N) is 3. The van der Waals surface area contributed by atoms with Crippen molar-refractivity contribution in [1.29, 1.82) is 0 Å². The van der Waals surface area contributed by atoms with Crippen molar-refractivity contribution in [3.63, 3.8) is 0 Å². The highest BCUT2D eigenvalue weighted by Crippen LogP contribution is 2.19. The molecule has 3 rings (SSSR count). The van der Waals surface area contributed by atoms with Crippen LogP contribution in [0.25, 0.3) is 0 Å². The Balaban J connectivity index is 1.59. The van der Waals surface area contributed by atoms with Crippen molar-refractivity contribution >= 4 is 21.6 Å². The van der Waals surface area contributed by atoms with Crippen LogP contribution in [0.1, 0.15) is 23.2 Å². The Bertz CT molecular complexity index is 935. The van der Waals surface area contributed by atoms with E-state index < -0.39 is 10.0 Å². The molecule has 0 saturated carbocycles. The smallest absolute Gasteiger partial charge is 0.255 e. The molecule has 1 aliphatic heterocycles. The van der Waals surface area contributed by atoms with E-state index in [2.05, 4.69) is 22.2 Å². The van der Waals surface area contributed by atoms with Crippen molar-refractivity contribution < 1.29 is 17.9 Å². The maximum Gasteiger partial charge on any atom is 0.255 e. The lowest BCUT2D eigenvalue weighted by atomic mass is 10.1. The number of nitrogens with one attached hydrogen (secondary N) is 1. The lowest BCUT2D eigenvalue weighted by Gasteiger charge is -2.28. The van der Waals surface area contributed by atoms with E-state index in [0.717, 1.165) is 30.2 Å². The van der Waals surface area contributed by atoms with Crippen molar-refractivity contribution in [2.45, 2.75) is 23.8 Å². The van der Waals surface area contributed by atoms with Crippen LogP contribution in [-0.4, -0.2) is 68.9 Å². The van der Waals surface area contributed by atoms with E-state index in [1.165, 1.54) is 38.4 Å². The normalized spacial score (nSPS) is 16.0. The van der Waals surface area contributed by atoms with Crippen LogP contribution in [-0.2, 0) is 10.0 Å². The summed E-state index contributed by atoms with van der Waals surface area (Å²) in [6.45, 7) is 2.01. The zero-order chi connectivity index (χ0) is 21.0. The molecule has 29 heavy (non-hydrogen) atoms. The number of carbonyl (C=O) groups is 1. The second-order valence-corrected chi connectivity index (χ2v) is 9.42. The average Bonchev–Trinajstić information content (AvgIpc) is 2.71. The molecule has 0 unspecified atom stereocenters. The summed E-state index contributed by atoms with van der Waals surface area (Å²) in [6, 6.07) is 9.27. The van der Waals surface area contributed by atoms with Gasteiger partial charge in [-0.25, -0.2) is 17.7 Å². The predicted molar refractivity (Wildman–Crippen MR) is 111 cm³/mol. The highest BCUT2D eigenvalue weighted by Gasteiger charge is 2.19. The molecule has 156 valence electrons. The number of anilines is 1. The van der Waals surface area contributed by atoms with Crippen LogP contribution in [0.5, 0.6) is 5.88 Å². The van der Waals surface area contributed by atoms with E-state index in [9.17, 15) is 13.2 Å². The Morgan fingerprint density at radius 2 is 1.79 bits per heavy atom. The monoisotopic (exact) mass is 418 g/mol. The summed E-state index contributed by atoms with van der Waals surface area (Å²) in [5.74, 6) is 0.195. The molecule has 0 spiro atoms. The molecule has 0 bridgehead atoms. The number of sulfonamides is 1. The van der Waals surface area contributed by atoms with Crippen molar-refractivity contribution in [1.82, 2.24) is 14.2 Å². The van der Waals surface area contributed by atoms with Gasteiger partial charge in [-0.3, -0.25) is 4.79 Å². The molecule has 0 atom stereocenters. The molecule has 2 aromatic rings. The highest BCUT2D eigenvalue weighted by molar-refractivity contribution is 7.89. The number of carbonyl (C=O) groups excluding carboxylic acids is 1. The van der Waals surface area contributed by atoms with Gasteiger partial charge in [0.25, 0.3) is 5.91 Å². The van der Waals surface area contributed by atoms with Gasteiger partial charge in [-0.1, -0.05) is 0 Å². The summed E-state index contributed by atoms with van der Waals surface area (Å²) in [4.78, 5) is 19.1. The standard InChI is InChI=1S/C20H26N4O4S/c1-23(2)29(26,27)18-7-4-15(5-8-18)20(25)22-16-6-9-19(21-14-16)28-17-10-12-24(3)13-11-17/h4-9,14,17H,10-13H2,1-3H3,(H,22,25). The third-order valence-electron chi connectivity index (χ3n) is 4.84. The summed E-state index contributed by atoms with van der Waals surface area (Å²) in [6.07, 6.45) is 3.65. The summed E-state index contributed by atoms with van der Waals surface area (Å²) < 4.78 is 31.2. The molecule has 9 heteroatoms. The van der Waals surface area contributed by atoms with E-state index in [1.807, 2.05) is 0 Å². The maximum atomic E-state index is 12.4. The molecule has 1 aromatic carbocycles. The Kier molecular flexibility index (Phi) is 6.51. The quantitative estimate of drug-likeness (QED) is 0.772. The lowest BCUT2D eigenvalue weighted by Crippen LogP contribution is -2.35. The fourth-order valence-electron chi connectivity index (χ4n) is 2.99. The predicted octanol–water partition coefficient (Wildman–Crippen LogP) is 2.06. The van der Waals surface area contributed by atoms with Gasteiger partial charge in [-0.2, -0.15) is 0 Å². The minimum Gasteiger partial charge on any atom is -0.474 e. The average molecular weight is 419 g/mol. The van der Waals surface area contributed by atoms with Gasteiger partial charge in [-0.05, 0) is 50.2 Å². The first kappa shape index (κ1) is 21.2. The molecule has 0 radical (unpaired) electrons. The largest absolute Gasteiger partial charge is 0.474 e. The van der Waals surface area contributed by atoms with Crippen LogP contribution in [0.2, 0.25) is 0 Å². The molecule has 2 heterocycles. The number of likely N-dealkylation sites (tertiary alicyclic amines) is 1. The molecular formula is C20H26N4O4S. The van der Waals surface area contributed by atoms with Gasteiger partial charge < -0.3 is 15.0 Å². The second-order valence-electron chi connectivity index (χ2n) is 7.27. The molecule has 8 nitrogen and oxygen atoms in total. The fraction of sp³-hybridized carbons (Fsp3) is 0.400.